The number of aromatic nitrogens is 2. The third kappa shape index (κ3) is 4.19. The molecule has 2 atom stereocenters. The summed E-state index contributed by atoms with van der Waals surface area (Å²) in [4.78, 5) is 16.8. The summed E-state index contributed by atoms with van der Waals surface area (Å²) in [5.74, 6) is -1.14. The molecule has 160 valence electrons. The largest absolute Gasteiger partial charge is 0.425 e. The Morgan fingerprint density at radius 1 is 0.969 bits per heavy atom. The van der Waals surface area contributed by atoms with Gasteiger partial charge in [0.25, 0.3) is 0 Å². The van der Waals surface area contributed by atoms with Crippen LogP contribution in [-0.2, 0) is 26.6 Å². The highest BCUT2D eigenvalue weighted by molar-refractivity contribution is 5.77. The number of carbonyl (C=O) groups excluding carboxylic acids is 1. The lowest BCUT2D eigenvalue weighted by Crippen LogP contribution is -2.35. The van der Waals surface area contributed by atoms with Crippen LogP contribution in [0.15, 0.2) is 104 Å². The average Bonchev–Trinajstić information content (AvgIpc) is 3.52. The first-order valence-corrected chi connectivity index (χ1v) is 10.4. The van der Waals surface area contributed by atoms with E-state index < -0.39 is 17.9 Å². The van der Waals surface area contributed by atoms with Gasteiger partial charge in [-0.3, -0.25) is 0 Å². The monoisotopic (exact) mass is 426 g/mol. The molecule has 1 aliphatic rings. The van der Waals surface area contributed by atoms with Crippen molar-refractivity contribution in [2.24, 2.45) is 0 Å². The van der Waals surface area contributed by atoms with Crippen molar-refractivity contribution < 1.29 is 19.0 Å². The van der Waals surface area contributed by atoms with Gasteiger partial charge in [-0.2, -0.15) is 0 Å². The molecule has 0 unspecified atom stereocenters. The number of para-hydroxylation sites is 1. The molecule has 3 aromatic carbocycles. The van der Waals surface area contributed by atoms with Gasteiger partial charge >= 0.3 is 5.97 Å². The Balaban J connectivity index is 1.40. The summed E-state index contributed by atoms with van der Waals surface area (Å²) >= 11 is 0. The Morgan fingerprint density at radius 2 is 1.66 bits per heavy atom. The number of ether oxygens (including phenoxy) is 3. The Kier molecular flexibility index (Phi) is 5.54. The number of hydrogen-bond acceptors (Lipinski definition) is 5. The normalized spacial score (nSPS) is 20.2. The van der Waals surface area contributed by atoms with Gasteiger partial charge in [0, 0.05) is 18.0 Å². The van der Waals surface area contributed by atoms with E-state index in [0.29, 0.717) is 12.3 Å². The van der Waals surface area contributed by atoms with Crippen molar-refractivity contribution in [3.63, 3.8) is 0 Å². The molecule has 0 aliphatic carbocycles. The highest BCUT2D eigenvalue weighted by Gasteiger charge is 2.47. The van der Waals surface area contributed by atoms with E-state index in [2.05, 4.69) is 17.1 Å². The van der Waals surface area contributed by atoms with Crippen LogP contribution in [0, 0.1) is 0 Å². The van der Waals surface area contributed by atoms with Crippen molar-refractivity contribution in [1.82, 2.24) is 9.55 Å². The van der Waals surface area contributed by atoms with Crippen LogP contribution in [0.1, 0.15) is 5.56 Å². The molecular weight excluding hydrogens is 404 g/mol. The van der Waals surface area contributed by atoms with E-state index in [0.717, 1.165) is 16.7 Å². The molecule has 0 saturated carbocycles. The van der Waals surface area contributed by atoms with Gasteiger partial charge in [0.1, 0.15) is 5.75 Å². The summed E-state index contributed by atoms with van der Waals surface area (Å²) in [6.07, 6.45) is 4.39. The van der Waals surface area contributed by atoms with Crippen LogP contribution < -0.4 is 4.74 Å². The fourth-order valence-corrected chi connectivity index (χ4v) is 3.79. The fourth-order valence-electron chi connectivity index (χ4n) is 3.79. The first-order valence-electron chi connectivity index (χ1n) is 10.4. The van der Waals surface area contributed by atoms with Gasteiger partial charge in [-0.05, 0) is 23.3 Å². The zero-order chi connectivity index (χ0) is 21.8. The SMILES string of the molecule is O=C(Oc1ccccc1)[C@@H]1CO[C@](Cn2ccnc2)(c2ccc(-c3ccccc3)cc2)O1. The summed E-state index contributed by atoms with van der Waals surface area (Å²) < 4.78 is 19.7. The maximum Gasteiger partial charge on any atom is 0.343 e. The van der Waals surface area contributed by atoms with Crippen molar-refractivity contribution in [2.75, 3.05) is 6.61 Å². The number of benzene rings is 3. The number of imidazole rings is 1. The molecule has 32 heavy (non-hydrogen) atoms. The second-order valence-corrected chi connectivity index (χ2v) is 7.58. The van der Waals surface area contributed by atoms with Crippen LogP contribution in [0.3, 0.4) is 0 Å². The lowest BCUT2D eigenvalue weighted by atomic mass is 10.00. The minimum absolute atomic E-state index is 0.0980. The van der Waals surface area contributed by atoms with Gasteiger partial charge in [-0.1, -0.05) is 72.8 Å². The molecule has 1 aromatic heterocycles. The molecule has 0 amide bonds. The molecule has 0 spiro atoms. The number of hydrogen-bond donors (Lipinski definition) is 0. The van der Waals surface area contributed by atoms with E-state index in [9.17, 15) is 4.79 Å². The minimum atomic E-state index is -1.13. The Bertz CT molecular complexity index is 1160. The first-order chi connectivity index (χ1) is 15.7. The lowest BCUT2D eigenvalue weighted by Gasteiger charge is -2.29. The predicted octanol–water partition coefficient (Wildman–Crippen LogP) is 4.42. The zero-order valence-electron chi connectivity index (χ0n) is 17.3. The van der Waals surface area contributed by atoms with Crippen LogP contribution in [-0.4, -0.2) is 28.2 Å². The quantitative estimate of drug-likeness (QED) is 0.337. The summed E-state index contributed by atoms with van der Waals surface area (Å²) in [7, 11) is 0. The summed E-state index contributed by atoms with van der Waals surface area (Å²) in [5.41, 5.74) is 3.03. The maximum absolute atomic E-state index is 12.7. The molecule has 1 aliphatic heterocycles. The van der Waals surface area contributed by atoms with Crippen molar-refractivity contribution in [2.45, 2.75) is 18.4 Å². The van der Waals surface area contributed by atoms with Crippen LogP contribution in [0.4, 0.5) is 0 Å². The van der Waals surface area contributed by atoms with Crippen LogP contribution in [0.2, 0.25) is 0 Å². The number of esters is 1. The third-order valence-electron chi connectivity index (χ3n) is 5.41. The molecule has 1 fully saturated rings. The number of nitrogens with zero attached hydrogens (tertiary/aromatic N) is 2. The zero-order valence-corrected chi connectivity index (χ0v) is 17.3. The van der Waals surface area contributed by atoms with Gasteiger partial charge in [0.05, 0.1) is 19.5 Å². The van der Waals surface area contributed by atoms with Crippen LogP contribution >= 0.6 is 0 Å². The number of carbonyl (C=O) groups is 1. The second-order valence-electron chi connectivity index (χ2n) is 7.58. The van der Waals surface area contributed by atoms with Crippen LogP contribution in [0.5, 0.6) is 5.75 Å². The van der Waals surface area contributed by atoms with Crippen molar-refractivity contribution in [1.29, 1.82) is 0 Å². The standard InChI is InChI=1S/C26H22N2O4/c29-25(31-23-9-5-2-6-10-23)24-17-30-26(32-24,18-28-16-15-27-19-28)22-13-11-21(12-14-22)20-7-3-1-4-8-20/h1-16,19,24H,17-18H2/t24-,26-/m0/s1. The van der Waals surface area contributed by atoms with E-state index in [1.165, 1.54) is 0 Å². The van der Waals surface area contributed by atoms with Gasteiger partial charge in [-0.15, -0.1) is 0 Å². The second kappa shape index (κ2) is 8.78. The molecule has 0 bridgehead atoms. The third-order valence-corrected chi connectivity index (χ3v) is 5.41. The Hall–Kier alpha value is -3.74. The smallest absolute Gasteiger partial charge is 0.343 e. The molecule has 0 N–H and O–H groups in total. The minimum Gasteiger partial charge on any atom is -0.425 e. The predicted molar refractivity (Wildman–Crippen MR) is 119 cm³/mol. The van der Waals surface area contributed by atoms with E-state index >= 15 is 0 Å². The molecule has 2 heterocycles. The first kappa shape index (κ1) is 20.2. The van der Waals surface area contributed by atoms with Crippen LogP contribution in [0.25, 0.3) is 11.1 Å². The maximum atomic E-state index is 12.7. The van der Waals surface area contributed by atoms with Crippen molar-refractivity contribution in [3.8, 4) is 16.9 Å². The van der Waals surface area contributed by atoms with E-state index in [4.69, 9.17) is 14.2 Å². The summed E-state index contributed by atoms with van der Waals surface area (Å²) in [6.45, 7) is 0.452. The average molecular weight is 426 g/mol. The van der Waals surface area contributed by atoms with Gasteiger partial charge in [0.15, 0.2) is 6.10 Å². The molecular formula is C26H22N2O4. The van der Waals surface area contributed by atoms with Gasteiger partial charge in [0.2, 0.25) is 5.79 Å². The fraction of sp³-hybridized carbons (Fsp3) is 0.154. The molecule has 6 nitrogen and oxygen atoms in total. The van der Waals surface area contributed by atoms with Crippen molar-refractivity contribution in [3.05, 3.63) is 109 Å². The topological polar surface area (TPSA) is 62.6 Å². The molecule has 5 rings (SSSR count). The molecule has 1 saturated heterocycles. The number of rotatable bonds is 6. The van der Waals surface area contributed by atoms with Crippen molar-refractivity contribution >= 4 is 5.97 Å². The van der Waals surface area contributed by atoms with E-state index in [1.807, 2.05) is 71.4 Å². The lowest BCUT2D eigenvalue weighted by molar-refractivity contribution is -0.193. The Morgan fingerprint density at radius 3 is 2.34 bits per heavy atom. The molecule has 6 heteroatoms. The molecule has 4 aromatic rings. The van der Waals surface area contributed by atoms with E-state index in [1.54, 1.807) is 24.7 Å². The molecule has 0 radical (unpaired) electrons. The summed E-state index contributed by atoms with van der Waals surface area (Å²) in [6, 6.07) is 27.1. The van der Waals surface area contributed by atoms with E-state index in [-0.39, 0.29) is 6.61 Å². The van der Waals surface area contributed by atoms with Gasteiger partial charge in [-0.25, -0.2) is 9.78 Å². The Labute approximate surface area is 186 Å². The highest BCUT2D eigenvalue weighted by Crippen LogP contribution is 2.37. The highest BCUT2D eigenvalue weighted by atomic mass is 16.8. The van der Waals surface area contributed by atoms with Gasteiger partial charge < -0.3 is 18.8 Å². The summed E-state index contributed by atoms with van der Waals surface area (Å²) in [5, 5.41) is 0.